The molecule has 1 aromatic carbocycles. The summed E-state index contributed by atoms with van der Waals surface area (Å²) in [5.41, 5.74) is 5.31. The second-order valence-electron chi connectivity index (χ2n) is 23.4. The largest absolute Gasteiger partial charge is 0.481 e. The number of Topliss-reactive ketones (excluding diaryl/α,β-unsaturated/α-hetero) is 4. The van der Waals surface area contributed by atoms with E-state index in [4.69, 9.17) is 5.73 Å². The van der Waals surface area contributed by atoms with E-state index in [-0.39, 0.29) is 34.9 Å². The van der Waals surface area contributed by atoms with Crippen LogP contribution in [0.15, 0.2) is 35.3 Å². The summed E-state index contributed by atoms with van der Waals surface area (Å²) >= 11 is 3.81. The van der Waals surface area contributed by atoms with Crippen LogP contribution in [0.5, 0.6) is 0 Å². The molecule has 0 bridgehead atoms. The first-order chi connectivity index (χ1) is 47.8. The van der Waals surface area contributed by atoms with Crippen LogP contribution in [0.3, 0.4) is 0 Å². The lowest BCUT2D eigenvalue weighted by atomic mass is 9.85. The number of fused-ring (bicyclic) bond motifs is 1. The van der Waals surface area contributed by atoms with Crippen molar-refractivity contribution in [1.29, 1.82) is 0 Å². The normalized spacial score (nSPS) is 17.5. The minimum absolute atomic E-state index is 0.00220. The molecule has 0 aliphatic heterocycles. The Balaban J connectivity index is 2.00. The number of aliphatic hydroxyl groups is 16. The molecule has 2 aromatic heterocycles. The summed E-state index contributed by atoms with van der Waals surface area (Å²) in [7, 11) is 0. The van der Waals surface area contributed by atoms with Crippen LogP contribution in [0.4, 0.5) is 11.6 Å². The molecule has 2 heterocycles. The molecule has 0 saturated heterocycles. The summed E-state index contributed by atoms with van der Waals surface area (Å²) in [5, 5.41) is 217. The number of aliphatic carboxylic acids is 4. The van der Waals surface area contributed by atoms with Crippen molar-refractivity contribution in [1.82, 2.24) is 41.2 Å². The molecule has 1 unspecified atom stereocenters. The molecule has 44 heteroatoms. The number of hydrogen-bond acceptors (Lipinski definition) is 35. The van der Waals surface area contributed by atoms with Gasteiger partial charge in [0.25, 0.3) is 11.5 Å². The molecule has 28 N–H and O–H groups in total. The molecule has 0 spiro atoms. The molecule has 20 atom stereocenters. The summed E-state index contributed by atoms with van der Waals surface area (Å²) < 4.78 is 0. The second kappa shape index (κ2) is 41.3. The van der Waals surface area contributed by atoms with E-state index < -0.39 is 281 Å². The molecule has 0 aliphatic carbocycles. The maximum Gasteiger partial charge on any atom is 0.326 e. The van der Waals surface area contributed by atoms with Crippen LogP contribution >= 0.6 is 12.6 Å². The van der Waals surface area contributed by atoms with Gasteiger partial charge in [-0.05, 0) is 30.7 Å². The minimum atomic E-state index is -2.97. The monoisotopic (exact) mass is 1480 g/mol. The number of H-pyrrole nitrogens is 1. The van der Waals surface area contributed by atoms with Gasteiger partial charge in [-0.15, -0.1) is 0 Å². The number of aromatic amines is 1. The number of aliphatic hydroxyl groups excluding tert-OH is 16. The number of rotatable bonds is 48. The molecule has 102 heavy (non-hydrogen) atoms. The van der Waals surface area contributed by atoms with Gasteiger partial charge in [0.15, 0.2) is 28.5 Å². The minimum Gasteiger partial charge on any atom is -0.481 e. The number of carbonyl (C=O) groups is 12. The average molecular weight is 1480 g/mol. The molecule has 43 nitrogen and oxygen atoms in total. The number of carbonyl (C=O) groups excluding carboxylic acids is 8. The number of carboxylic acid groups (broad SMARTS) is 4. The topological polar surface area (TPSA) is 767 Å². The van der Waals surface area contributed by atoms with Gasteiger partial charge in [-0.3, -0.25) is 62.5 Å². The van der Waals surface area contributed by atoms with Gasteiger partial charge in [0, 0.05) is 49.1 Å². The third-order valence-electron chi connectivity index (χ3n) is 15.8. The van der Waals surface area contributed by atoms with E-state index in [1.54, 1.807) is 10.6 Å². The second-order valence-corrected chi connectivity index (χ2v) is 23.7. The van der Waals surface area contributed by atoms with Crippen molar-refractivity contribution >= 4 is 106 Å². The van der Waals surface area contributed by atoms with Gasteiger partial charge < -0.3 is 134 Å². The lowest BCUT2D eigenvalue weighted by Gasteiger charge is -2.33. The van der Waals surface area contributed by atoms with Gasteiger partial charge in [0.2, 0.25) is 23.7 Å². The van der Waals surface area contributed by atoms with Crippen LogP contribution in [-0.4, -0.2) is 322 Å². The lowest BCUT2D eigenvalue weighted by Crippen LogP contribution is -2.60. The quantitative estimate of drug-likeness (QED) is 0.0233. The molecule has 3 aromatic rings. The SMILES string of the molecule is Nc1nc2ncc(CNc3ccc(C(=O)N[C@@H](CCC(=O)C[C@H](C(=O)N[C@@H](CC(=O)O)C(=O)C[C@H](C(=O)N[C@H](C(=O)C[C@@H](CC(=O)O)C(=O)NC(C(=O)C[C@H](CS)C(=O)O)[C@H](O)[C@@H](O)[C@@H](O)CO)[C@H](O)[C@@H](O)[C@@H](O)CO)[C@@H](O)[C@H](O)[C@H](O)CO)[C@@H](O)[C@H](O)[C@H](O)CO)C(=O)O)cc3)nc2c(=O)[nH]1. The maximum atomic E-state index is 14.5. The Kier molecular flexibility index (Phi) is 35.4. The molecule has 0 fully saturated rings. The van der Waals surface area contributed by atoms with Crippen molar-refractivity contribution in [2.45, 2.75) is 155 Å². The average Bonchev–Trinajstić information content (AvgIpc) is 0.822. The number of nitrogen functional groups attached to an aromatic ring is 1. The van der Waals surface area contributed by atoms with Crippen molar-refractivity contribution in [3.8, 4) is 0 Å². The summed E-state index contributed by atoms with van der Waals surface area (Å²) in [6, 6.07) is -4.58. The predicted octanol–water partition coefficient (Wildman–Crippen LogP) is -12.1. The fraction of sp³-hybridized carbons (Fsp3) is 0.586. The van der Waals surface area contributed by atoms with E-state index >= 15 is 0 Å². The van der Waals surface area contributed by atoms with Crippen LogP contribution in [0, 0.1) is 23.7 Å². The Morgan fingerprint density at radius 2 is 0.961 bits per heavy atom. The maximum absolute atomic E-state index is 14.5. The first-order valence-electron chi connectivity index (χ1n) is 30.5. The van der Waals surface area contributed by atoms with Crippen LogP contribution < -0.4 is 37.9 Å². The van der Waals surface area contributed by atoms with Gasteiger partial charge in [-0.25, -0.2) is 14.8 Å². The van der Waals surface area contributed by atoms with Crippen LogP contribution in [0.1, 0.15) is 67.4 Å². The van der Waals surface area contributed by atoms with Crippen LogP contribution in [-0.2, 0) is 59.3 Å². The zero-order valence-electron chi connectivity index (χ0n) is 53.5. The molecule has 0 radical (unpaired) electrons. The van der Waals surface area contributed by atoms with Gasteiger partial charge >= 0.3 is 23.9 Å². The fourth-order valence-corrected chi connectivity index (χ4v) is 10.1. The highest BCUT2D eigenvalue weighted by Crippen LogP contribution is 2.25. The number of amides is 4. The van der Waals surface area contributed by atoms with Crippen molar-refractivity contribution in [3.63, 3.8) is 0 Å². The number of nitrogens with zero attached hydrogens (tertiary/aromatic N) is 3. The smallest absolute Gasteiger partial charge is 0.326 e. The number of thiol groups is 1. The number of anilines is 2. The molecular weight excluding hydrogens is 1400 g/mol. The molecule has 568 valence electrons. The van der Waals surface area contributed by atoms with Gasteiger partial charge in [0.1, 0.15) is 84.9 Å². The fourth-order valence-electron chi connectivity index (χ4n) is 9.83. The summed E-state index contributed by atoms with van der Waals surface area (Å²) in [6.07, 6.45) is -40.7. The number of benzene rings is 1. The van der Waals surface area contributed by atoms with E-state index in [0.717, 1.165) is 0 Å². The number of nitrogens with two attached hydrogens (primary N) is 1. The van der Waals surface area contributed by atoms with Gasteiger partial charge in [-0.1, -0.05) is 0 Å². The van der Waals surface area contributed by atoms with E-state index in [1.807, 2.05) is 5.32 Å². The highest BCUT2D eigenvalue weighted by molar-refractivity contribution is 7.80. The van der Waals surface area contributed by atoms with E-state index in [9.17, 15) is 164 Å². The molecule has 0 saturated carbocycles. The first kappa shape index (κ1) is 87.4. The number of carboxylic acids is 4. The number of nitrogens with one attached hydrogen (secondary N) is 6. The Morgan fingerprint density at radius 1 is 0.500 bits per heavy atom. The molecular formula is C58H82N10O33S. The predicted molar refractivity (Wildman–Crippen MR) is 339 cm³/mol. The Labute approximate surface area is 579 Å². The first-order valence-corrected chi connectivity index (χ1v) is 31.2. The third kappa shape index (κ3) is 25.6. The Hall–Kier alpha value is -8.81. The van der Waals surface area contributed by atoms with Crippen molar-refractivity contribution in [2.24, 2.45) is 23.7 Å². The zero-order valence-corrected chi connectivity index (χ0v) is 54.3. The van der Waals surface area contributed by atoms with Gasteiger partial charge in [-0.2, -0.15) is 17.6 Å². The number of hydrogen-bond donors (Lipinski definition) is 28. The van der Waals surface area contributed by atoms with Gasteiger partial charge in [0.05, 0.1) is 99.6 Å². The number of aromatic nitrogens is 4. The Morgan fingerprint density at radius 3 is 1.42 bits per heavy atom. The summed E-state index contributed by atoms with van der Waals surface area (Å²) in [5.74, 6) is -30.2. The highest BCUT2D eigenvalue weighted by atomic mass is 32.1. The standard InChI is InChI=1S/C58H82N10O33S/c59-58-67-50-41(55(97)68-58)62-24(14-61-50)13-60-23-3-1-20(2-4-23)51(93)63-28(57(100)101)6-5-25(73)10-26(42(85)44(87)33(77)15-69)53(95)64-29(12-38(83)84)30(74)11-27(43(86)45(88)34(78)16-70)54(96)66-40(49(92)47(90)36(80)18-72)31(75)7-21(9-37(81)82)52(94)65-39(48(91)46(89)35(79)17-71)32(76)8-22(19-102)56(98)99/h1-4,14,21-22,26-29,33-36,39-40,42-49,60,69-72,77-80,85-92,102H,5-13,15-19H2,(H,63,93)(H,64,95)(H,65,94)(H,66,96)(H,81,82)(H,83,84)(H,98,99)(H,100,101)(H3,59,61,67,68,97)/t21-,22+,26-,27-,28-,29-,33+,34+,35-,36-,39?,40+,42+,43+,44+,45+,46-,47-,48-,49-/m0/s1. The molecule has 0 aliphatic rings. The zero-order chi connectivity index (χ0) is 77.3. The van der Waals surface area contributed by atoms with E-state index in [0.29, 0.717) is 5.69 Å². The molecule has 3 rings (SSSR count). The van der Waals surface area contributed by atoms with Crippen molar-refractivity contribution in [2.75, 3.05) is 43.2 Å². The van der Waals surface area contributed by atoms with Crippen LogP contribution in [0.25, 0.3) is 11.2 Å². The van der Waals surface area contributed by atoms with E-state index in [2.05, 4.69) is 43.2 Å². The van der Waals surface area contributed by atoms with E-state index in [1.165, 1.54) is 30.5 Å². The van der Waals surface area contributed by atoms with Crippen LogP contribution in [0.2, 0.25) is 0 Å². The lowest BCUT2D eigenvalue weighted by molar-refractivity contribution is -0.150. The molecule has 4 amide bonds. The highest BCUT2D eigenvalue weighted by Gasteiger charge is 2.46. The summed E-state index contributed by atoms with van der Waals surface area (Å²) in [4.78, 5) is 187. The van der Waals surface area contributed by atoms with Crippen molar-refractivity contribution in [3.05, 3.63) is 52.1 Å². The Bertz CT molecular complexity index is 3460. The number of ketones is 4. The summed E-state index contributed by atoms with van der Waals surface area (Å²) in [6.45, 7) is -5.55. The van der Waals surface area contributed by atoms with Crippen molar-refractivity contribution < 1.29 is 160 Å². The third-order valence-corrected chi connectivity index (χ3v) is 16.3.